The Morgan fingerprint density at radius 3 is 2.52 bits per heavy atom. The number of aromatic nitrogens is 1. The number of hydrogen-bond donors (Lipinski definition) is 1. The molecule has 1 aromatic heterocycles. The highest BCUT2D eigenvalue weighted by Gasteiger charge is 2.45. The van der Waals surface area contributed by atoms with Gasteiger partial charge in [0, 0.05) is 31.5 Å². The summed E-state index contributed by atoms with van der Waals surface area (Å²) in [5.41, 5.74) is 2.14. The molecule has 1 saturated heterocycles. The van der Waals surface area contributed by atoms with Gasteiger partial charge in [-0.25, -0.2) is 9.37 Å². The van der Waals surface area contributed by atoms with E-state index in [1.165, 1.54) is 21.9 Å². The van der Waals surface area contributed by atoms with Gasteiger partial charge in [-0.15, -0.1) is 11.3 Å². The predicted molar refractivity (Wildman–Crippen MR) is 147 cm³/mol. The number of aryl methyl sites for hydroxylation is 1. The summed E-state index contributed by atoms with van der Waals surface area (Å²) < 4.78 is 53.5. The Balaban J connectivity index is 1.27. The Kier molecular flexibility index (Phi) is 8.21. The van der Waals surface area contributed by atoms with Crippen molar-refractivity contribution in [1.82, 2.24) is 14.8 Å². The van der Waals surface area contributed by atoms with Gasteiger partial charge in [-0.1, -0.05) is 44.2 Å². The van der Waals surface area contributed by atoms with E-state index in [4.69, 9.17) is 0 Å². The molecule has 3 aromatic rings. The summed E-state index contributed by atoms with van der Waals surface area (Å²) in [6.45, 7) is 3.67. The number of fused-ring (bicyclic) bond motifs is 1. The van der Waals surface area contributed by atoms with Crippen LogP contribution in [0, 0.1) is 11.7 Å². The molecule has 0 radical (unpaired) electrons. The molecule has 2 aromatic carbocycles. The smallest absolute Gasteiger partial charge is 0.391 e. The van der Waals surface area contributed by atoms with E-state index in [0.717, 1.165) is 28.5 Å². The first-order valence-electron chi connectivity index (χ1n) is 13.6. The Morgan fingerprint density at radius 1 is 1.14 bits per heavy atom. The number of β-amino-alcohol motifs (C(OH)–C–C–N with tert-alkyl or cyclic N) is 1. The first-order chi connectivity index (χ1) is 19.8. The molecule has 12 heteroatoms. The highest BCUT2D eigenvalue weighted by molar-refractivity contribution is 7.13. The van der Waals surface area contributed by atoms with Crippen molar-refractivity contribution in [3.8, 4) is 10.4 Å². The van der Waals surface area contributed by atoms with Crippen molar-refractivity contribution < 1.29 is 37.1 Å². The number of carbonyl (C=O) groups is 3. The maximum Gasteiger partial charge on any atom is 0.434 e. The average molecular weight is 604 g/mol. The van der Waals surface area contributed by atoms with Crippen LogP contribution >= 0.6 is 11.3 Å². The van der Waals surface area contributed by atoms with Gasteiger partial charge in [0.05, 0.1) is 22.5 Å². The molecule has 2 amide bonds. The second kappa shape index (κ2) is 11.6. The lowest BCUT2D eigenvalue weighted by Crippen LogP contribution is -2.54. The third kappa shape index (κ3) is 5.82. The van der Waals surface area contributed by atoms with Crippen LogP contribution in [-0.2, 0) is 28.7 Å². The Bertz CT molecular complexity index is 1500. The molecule has 3 atom stereocenters. The van der Waals surface area contributed by atoms with E-state index in [9.17, 15) is 37.1 Å². The first kappa shape index (κ1) is 29.8. The van der Waals surface area contributed by atoms with Crippen LogP contribution < -0.4 is 0 Å². The van der Waals surface area contributed by atoms with E-state index in [1.54, 1.807) is 38.1 Å². The van der Waals surface area contributed by atoms with Crippen molar-refractivity contribution in [1.29, 1.82) is 0 Å². The molecular formula is C30H29F4N3O4S. The van der Waals surface area contributed by atoms with Gasteiger partial charge < -0.3 is 14.9 Å². The Hall–Kier alpha value is -3.64. The fourth-order valence-electron chi connectivity index (χ4n) is 5.74. The molecule has 0 bridgehead atoms. The van der Waals surface area contributed by atoms with Gasteiger partial charge in [-0.2, -0.15) is 13.2 Å². The van der Waals surface area contributed by atoms with E-state index in [0.29, 0.717) is 17.5 Å². The first-order valence-corrected chi connectivity index (χ1v) is 14.4. The zero-order valence-electron chi connectivity index (χ0n) is 22.9. The predicted octanol–water partition coefficient (Wildman–Crippen LogP) is 5.11. The molecule has 2 aliphatic rings. The number of nitrogens with zero attached hydrogens (tertiary/aromatic N) is 3. The summed E-state index contributed by atoms with van der Waals surface area (Å²) in [5.74, 6) is -2.02. The summed E-state index contributed by atoms with van der Waals surface area (Å²) in [4.78, 5) is 46.5. The van der Waals surface area contributed by atoms with Gasteiger partial charge in [0.1, 0.15) is 11.9 Å². The summed E-state index contributed by atoms with van der Waals surface area (Å²) >= 11 is 0.896. The number of aliphatic hydroxyl groups excluding tert-OH is 1. The maximum absolute atomic E-state index is 13.8. The number of amides is 2. The minimum absolute atomic E-state index is 0.0173. The standard InChI is InChI=1S/C30H29F4N3O4S/c1-16(2)25(37-13-19-8-9-20(31)11-22(19)28(37)40)29(41)36-14-21(38)12-23(36)24(39)10-5-17-3-6-18(7-4-17)26-27(30(32,33)34)35-15-42-26/h3-4,6-9,11,15-16,21,23,25,38H,5,10,12-14H2,1-2H3/t21-,23+,25+/m1/s1. The van der Waals surface area contributed by atoms with Gasteiger partial charge >= 0.3 is 6.18 Å². The number of carbonyl (C=O) groups excluding carboxylic acids is 3. The zero-order valence-corrected chi connectivity index (χ0v) is 23.7. The number of ketones is 1. The SMILES string of the molecule is CC(C)[C@@H](C(=O)N1C[C@H](O)C[C@H]1C(=O)CCc1ccc(-c2scnc2C(F)(F)F)cc1)N1Cc2ccc(F)cc2C1=O. The minimum atomic E-state index is -4.56. The highest BCUT2D eigenvalue weighted by Crippen LogP contribution is 2.38. The number of aliphatic hydroxyl groups is 1. The van der Waals surface area contributed by atoms with Crippen molar-refractivity contribution in [3.63, 3.8) is 0 Å². The number of hydrogen-bond acceptors (Lipinski definition) is 6. The molecule has 2 aliphatic heterocycles. The van der Waals surface area contributed by atoms with E-state index in [2.05, 4.69) is 4.98 Å². The molecule has 7 nitrogen and oxygen atoms in total. The second-order valence-electron chi connectivity index (χ2n) is 11.0. The molecule has 0 saturated carbocycles. The lowest BCUT2D eigenvalue weighted by molar-refractivity contribution is -0.143. The third-order valence-corrected chi connectivity index (χ3v) is 8.65. The molecular weight excluding hydrogens is 574 g/mol. The lowest BCUT2D eigenvalue weighted by atomic mass is 9.98. The van der Waals surface area contributed by atoms with Gasteiger partial charge in [0.2, 0.25) is 5.91 Å². The molecule has 222 valence electrons. The Labute approximate surface area is 243 Å². The largest absolute Gasteiger partial charge is 0.434 e. The lowest BCUT2D eigenvalue weighted by Gasteiger charge is -2.35. The van der Waals surface area contributed by atoms with Crippen molar-refractivity contribution >= 4 is 28.9 Å². The van der Waals surface area contributed by atoms with Gasteiger partial charge in [0.15, 0.2) is 11.5 Å². The molecule has 0 aliphatic carbocycles. The summed E-state index contributed by atoms with van der Waals surface area (Å²) in [7, 11) is 0. The highest BCUT2D eigenvalue weighted by atomic mass is 32.1. The fourth-order valence-corrected chi connectivity index (χ4v) is 6.56. The van der Waals surface area contributed by atoms with Gasteiger partial charge in [0.25, 0.3) is 5.91 Å². The van der Waals surface area contributed by atoms with Crippen molar-refractivity contribution in [3.05, 3.63) is 76.2 Å². The van der Waals surface area contributed by atoms with Crippen LogP contribution in [0.25, 0.3) is 10.4 Å². The second-order valence-corrected chi connectivity index (χ2v) is 11.9. The van der Waals surface area contributed by atoms with Crippen molar-refractivity contribution in [2.45, 2.75) is 64.0 Å². The quantitative estimate of drug-likeness (QED) is 0.362. The average Bonchev–Trinajstić information content (AvgIpc) is 3.66. The normalized spacial score (nSPS) is 19.5. The minimum Gasteiger partial charge on any atom is -0.391 e. The number of alkyl halides is 3. The summed E-state index contributed by atoms with van der Waals surface area (Å²) in [6.07, 6.45) is -5.05. The molecule has 0 unspecified atom stereocenters. The van der Waals surface area contributed by atoms with E-state index < -0.39 is 47.7 Å². The molecule has 1 fully saturated rings. The summed E-state index contributed by atoms with van der Waals surface area (Å²) in [6, 6.07) is 8.59. The third-order valence-electron chi connectivity index (χ3n) is 7.77. The molecule has 1 N–H and O–H groups in total. The van der Waals surface area contributed by atoms with Gasteiger partial charge in [-0.3, -0.25) is 14.4 Å². The van der Waals surface area contributed by atoms with E-state index >= 15 is 0 Å². The topological polar surface area (TPSA) is 90.8 Å². The number of Topliss-reactive ketones (excluding diaryl/α,β-unsaturated/α-hetero) is 1. The molecule has 42 heavy (non-hydrogen) atoms. The Morgan fingerprint density at radius 2 is 1.86 bits per heavy atom. The fraction of sp³-hybridized carbons (Fsp3) is 0.400. The number of thiazole rings is 1. The van der Waals surface area contributed by atoms with Crippen LogP contribution in [-0.4, -0.2) is 62.2 Å². The van der Waals surface area contributed by atoms with Crippen LogP contribution in [0.4, 0.5) is 17.6 Å². The van der Waals surface area contributed by atoms with Crippen LogP contribution in [0.3, 0.4) is 0 Å². The van der Waals surface area contributed by atoms with Crippen molar-refractivity contribution in [2.24, 2.45) is 5.92 Å². The van der Waals surface area contributed by atoms with E-state index in [1.807, 2.05) is 0 Å². The van der Waals surface area contributed by atoms with Crippen molar-refractivity contribution in [2.75, 3.05) is 6.54 Å². The number of rotatable bonds is 8. The number of likely N-dealkylation sites (tertiary alicyclic amines) is 1. The summed E-state index contributed by atoms with van der Waals surface area (Å²) in [5, 5.41) is 10.4. The van der Waals surface area contributed by atoms with Crippen LogP contribution in [0.2, 0.25) is 0 Å². The van der Waals surface area contributed by atoms with Crippen LogP contribution in [0.15, 0.2) is 48.0 Å². The van der Waals surface area contributed by atoms with E-state index in [-0.39, 0.29) is 48.1 Å². The monoisotopic (exact) mass is 603 g/mol. The molecule has 5 rings (SSSR count). The zero-order chi connectivity index (χ0) is 30.3. The molecule has 3 heterocycles. The number of halogens is 4. The van der Waals surface area contributed by atoms with Crippen LogP contribution in [0.1, 0.15) is 53.9 Å². The van der Waals surface area contributed by atoms with Crippen LogP contribution in [0.5, 0.6) is 0 Å². The van der Waals surface area contributed by atoms with Gasteiger partial charge in [-0.05, 0) is 41.2 Å². The number of benzene rings is 2. The molecule has 0 spiro atoms. The maximum atomic E-state index is 13.8.